The summed E-state index contributed by atoms with van der Waals surface area (Å²) in [5.74, 6) is 0.397. The standard InChI is InChI=1S/C23H19ClN4O2S/c1-30-20-5-3-2-4-17(20)19-14-25-13-12-18(19)22(29)26-23-28-27-21(31-23)11-8-15-6-9-16(24)10-7-15/h2-7,9-10,12-14H,8,11H2,1H3,(H,26,28,29). The number of ether oxygens (including phenoxy) is 1. The van der Waals surface area contributed by atoms with Crippen LogP contribution in [0.5, 0.6) is 5.75 Å². The normalized spacial score (nSPS) is 10.6. The lowest BCUT2D eigenvalue weighted by Gasteiger charge is -2.11. The molecule has 2 heterocycles. The molecule has 0 atom stereocenters. The molecule has 156 valence electrons. The van der Waals surface area contributed by atoms with Gasteiger partial charge in [0.2, 0.25) is 5.13 Å². The van der Waals surface area contributed by atoms with E-state index in [0.717, 1.165) is 23.4 Å². The quantitative estimate of drug-likeness (QED) is 0.413. The van der Waals surface area contributed by atoms with Crippen molar-refractivity contribution in [3.8, 4) is 16.9 Å². The predicted molar refractivity (Wildman–Crippen MR) is 123 cm³/mol. The number of hydrogen-bond donors (Lipinski definition) is 1. The number of benzene rings is 2. The van der Waals surface area contributed by atoms with Crippen molar-refractivity contribution in [3.63, 3.8) is 0 Å². The fraction of sp³-hybridized carbons (Fsp3) is 0.130. The molecule has 0 aliphatic rings. The van der Waals surface area contributed by atoms with Gasteiger partial charge in [0.15, 0.2) is 0 Å². The van der Waals surface area contributed by atoms with Crippen molar-refractivity contribution < 1.29 is 9.53 Å². The maximum atomic E-state index is 13.0. The zero-order chi connectivity index (χ0) is 21.6. The Bertz CT molecular complexity index is 1190. The second kappa shape index (κ2) is 9.68. The molecule has 0 aliphatic carbocycles. The number of carbonyl (C=O) groups excluding carboxylic acids is 1. The van der Waals surface area contributed by atoms with E-state index in [2.05, 4.69) is 20.5 Å². The Morgan fingerprint density at radius 3 is 2.65 bits per heavy atom. The Labute approximate surface area is 188 Å². The smallest absolute Gasteiger partial charge is 0.258 e. The average Bonchev–Trinajstić information content (AvgIpc) is 3.26. The summed E-state index contributed by atoms with van der Waals surface area (Å²) in [7, 11) is 1.60. The molecule has 1 N–H and O–H groups in total. The van der Waals surface area contributed by atoms with Gasteiger partial charge in [-0.1, -0.05) is 53.3 Å². The van der Waals surface area contributed by atoms with Gasteiger partial charge in [-0.05, 0) is 36.2 Å². The molecule has 0 unspecified atom stereocenters. The van der Waals surface area contributed by atoms with E-state index in [4.69, 9.17) is 16.3 Å². The second-order valence-corrected chi connectivity index (χ2v) is 8.20. The number of para-hydroxylation sites is 1. The zero-order valence-corrected chi connectivity index (χ0v) is 18.3. The third-order valence-corrected chi connectivity index (χ3v) is 5.84. The van der Waals surface area contributed by atoms with Gasteiger partial charge in [0.25, 0.3) is 5.91 Å². The summed E-state index contributed by atoms with van der Waals surface area (Å²) < 4.78 is 5.44. The van der Waals surface area contributed by atoms with Crippen LogP contribution < -0.4 is 10.1 Å². The molecular formula is C23H19ClN4O2S. The first kappa shape index (κ1) is 21.0. The van der Waals surface area contributed by atoms with Crippen molar-refractivity contribution in [1.29, 1.82) is 0 Å². The fourth-order valence-electron chi connectivity index (χ4n) is 3.15. The Kier molecular flexibility index (Phi) is 6.54. The molecule has 0 bridgehead atoms. The summed E-state index contributed by atoms with van der Waals surface area (Å²) in [6.45, 7) is 0. The first-order valence-corrected chi connectivity index (χ1v) is 10.8. The summed E-state index contributed by atoms with van der Waals surface area (Å²) in [5, 5.41) is 13.2. The van der Waals surface area contributed by atoms with Crippen LogP contribution in [0.15, 0.2) is 67.0 Å². The average molecular weight is 451 g/mol. The Balaban J connectivity index is 1.48. The number of methoxy groups -OCH3 is 1. The number of nitrogens with zero attached hydrogens (tertiary/aromatic N) is 3. The molecule has 6 nitrogen and oxygen atoms in total. The van der Waals surface area contributed by atoms with Crippen molar-refractivity contribution in [2.24, 2.45) is 0 Å². The molecule has 1 amide bonds. The molecule has 0 aliphatic heterocycles. The second-order valence-electron chi connectivity index (χ2n) is 6.70. The van der Waals surface area contributed by atoms with Gasteiger partial charge in [-0.2, -0.15) is 0 Å². The van der Waals surface area contributed by atoms with E-state index >= 15 is 0 Å². The topological polar surface area (TPSA) is 77.0 Å². The third kappa shape index (κ3) is 5.07. The molecular weight excluding hydrogens is 432 g/mol. The molecule has 0 radical (unpaired) electrons. The summed E-state index contributed by atoms with van der Waals surface area (Å²) in [6, 6.07) is 16.9. The molecule has 0 saturated heterocycles. The Morgan fingerprint density at radius 2 is 1.84 bits per heavy atom. The van der Waals surface area contributed by atoms with Gasteiger partial charge >= 0.3 is 0 Å². The molecule has 0 fully saturated rings. The van der Waals surface area contributed by atoms with Crippen LogP contribution in [-0.2, 0) is 12.8 Å². The zero-order valence-electron chi connectivity index (χ0n) is 16.7. The highest BCUT2D eigenvalue weighted by molar-refractivity contribution is 7.15. The summed E-state index contributed by atoms with van der Waals surface area (Å²) >= 11 is 7.29. The maximum Gasteiger partial charge on any atom is 0.258 e. The van der Waals surface area contributed by atoms with E-state index in [1.807, 2.05) is 48.5 Å². The van der Waals surface area contributed by atoms with Gasteiger partial charge in [0.1, 0.15) is 10.8 Å². The predicted octanol–water partition coefficient (Wildman–Crippen LogP) is 5.30. The van der Waals surface area contributed by atoms with Crippen LogP contribution in [0, 0.1) is 0 Å². The summed E-state index contributed by atoms with van der Waals surface area (Å²) in [4.78, 5) is 17.2. The summed E-state index contributed by atoms with van der Waals surface area (Å²) in [6.07, 6.45) is 4.80. The van der Waals surface area contributed by atoms with Gasteiger partial charge in [0.05, 0.1) is 12.7 Å². The van der Waals surface area contributed by atoms with Crippen molar-refractivity contribution >= 4 is 34.0 Å². The van der Waals surface area contributed by atoms with E-state index in [1.54, 1.807) is 25.6 Å². The van der Waals surface area contributed by atoms with E-state index in [1.165, 1.54) is 16.9 Å². The number of carbonyl (C=O) groups is 1. The molecule has 4 rings (SSSR count). The molecule has 2 aromatic carbocycles. The minimum atomic E-state index is -0.274. The van der Waals surface area contributed by atoms with Gasteiger partial charge in [-0.15, -0.1) is 10.2 Å². The largest absolute Gasteiger partial charge is 0.496 e. The van der Waals surface area contributed by atoms with Crippen LogP contribution in [0.4, 0.5) is 5.13 Å². The number of amides is 1. The first-order valence-electron chi connectivity index (χ1n) is 9.59. The van der Waals surface area contributed by atoms with Gasteiger partial charge < -0.3 is 4.74 Å². The van der Waals surface area contributed by atoms with Gasteiger partial charge in [-0.25, -0.2) is 0 Å². The highest BCUT2D eigenvalue weighted by Gasteiger charge is 2.17. The number of aryl methyl sites for hydroxylation is 2. The van der Waals surface area contributed by atoms with E-state index in [9.17, 15) is 4.79 Å². The lowest BCUT2D eigenvalue weighted by molar-refractivity contribution is 0.102. The number of rotatable bonds is 7. The molecule has 4 aromatic rings. The van der Waals surface area contributed by atoms with E-state index in [0.29, 0.717) is 27.0 Å². The third-order valence-electron chi connectivity index (χ3n) is 4.69. The number of pyridine rings is 1. The number of nitrogens with one attached hydrogen (secondary N) is 1. The van der Waals surface area contributed by atoms with Crippen molar-refractivity contribution in [2.75, 3.05) is 12.4 Å². The number of halogens is 1. The van der Waals surface area contributed by atoms with Crippen LogP contribution in [0.25, 0.3) is 11.1 Å². The van der Waals surface area contributed by atoms with E-state index in [-0.39, 0.29) is 5.91 Å². The maximum absolute atomic E-state index is 13.0. The minimum absolute atomic E-state index is 0.274. The number of aromatic nitrogens is 3. The van der Waals surface area contributed by atoms with Crippen molar-refractivity contribution in [1.82, 2.24) is 15.2 Å². The molecule has 31 heavy (non-hydrogen) atoms. The lowest BCUT2D eigenvalue weighted by Crippen LogP contribution is -2.13. The van der Waals surface area contributed by atoms with Crippen LogP contribution in [0.3, 0.4) is 0 Å². The Morgan fingerprint density at radius 1 is 1.03 bits per heavy atom. The van der Waals surface area contributed by atoms with Gasteiger partial charge in [-0.3, -0.25) is 15.1 Å². The highest BCUT2D eigenvalue weighted by Crippen LogP contribution is 2.32. The fourth-order valence-corrected chi connectivity index (χ4v) is 4.01. The first-order chi connectivity index (χ1) is 15.1. The molecule has 2 aromatic heterocycles. The van der Waals surface area contributed by atoms with Crippen LogP contribution in [0.1, 0.15) is 20.9 Å². The number of hydrogen-bond acceptors (Lipinski definition) is 6. The van der Waals surface area contributed by atoms with E-state index < -0.39 is 0 Å². The van der Waals surface area contributed by atoms with Crippen LogP contribution in [-0.4, -0.2) is 28.2 Å². The molecule has 8 heteroatoms. The van der Waals surface area contributed by atoms with Crippen LogP contribution >= 0.6 is 22.9 Å². The molecule has 0 spiro atoms. The van der Waals surface area contributed by atoms with Crippen molar-refractivity contribution in [2.45, 2.75) is 12.8 Å². The lowest BCUT2D eigenvalue weighted by atomic mass is 10.0. The van der Waals surface area contributed by atoms with Crippen molar-refractivity contribution in [3.05, 3.63) is 88.1 Å². The molecule has 0 saturated carbocycles. The monoisotopic (exact) mass is 450 g/mol. The SMILES string of the molecule is COc1ccccc1-c1cnccc1C(=O)Nc1nnc(CCc2ccc(Cl)cc2)s1. The number of anilines is 1. The Hall–Kier alpha value is -3.29. The summed E-state index contributed by atoms with van der Waals surface area (Å²) in [5.41, 5.74) is 3.13. The van der Waals surface area contributed by atoms with Gasteiger partial charge in [0, 0.05) is 35.0 Å². The van der Waals surface area contributed by atoms with Crippen LogP contribution in [0.2, 0.25) is 5.02 Å². The minimum Gasteiger partial charge on any atom is -0.496 e. The highest BCUT2D eigenvalue weighted by atomic mass is 35.5.